The van der Waals surface area contributed by atoms with Gasteiger partial charge in [0.2, 0.25) is 5.16 Å². The molecule has 0 aliphatic carbocycles. The largest absolute Gasteiger partial charge is 0.423 e. The number of halogens is 1. The van der Waals surface area contributed by atoms with Crippen LogP contribution in [0, 0.1) is 13.8 Å². The molecule has 0 saturated carbocycles. The Labute approximate surface area is 167 Å². The lowest BCUT2D eigenvalue weighted by molar-refractivity contribution is 0.559. The van der Waals surface area contributed by atoms with Gasteiger partial charge in [0, 0.05) is 21.7 Å². The van der Waals surface area contributed by atoms with Crippen LogP contribution in [0.5, 0.6) is 0 Å². The van der Waals surface area contributed by atoms with Crippen LogP contribution in [0.3, 0.4) is 0 Å². The molecule has 6 nitrogen and oxygen atoms in total. The topological polar surface area (TPSA) is 73.8 Å². The molecule has 0 saturated heterocycles. The van der Waals surface area contributed by atoms with E-state index in [1.807, 2.05) is 31.2 Å². The Morgan fingerprint density at radius 2 is 2.00 bits per heavy atom. The second kappa shape index (κ2) is 7.28. The van der Waals surface area contributed by atoms with E-state index < -0.39 is 0 Å². The van der Waals surface area contributed by atoms with E-state index in [0.29, 0.717) is 16.5 Å². The zero-order valence-electron chi connectivity index (χ0n) is 14.6. The van der Waals surface area contributed by atoms with Crippen LogP contribution in [0.2, 0.25) is 0 Å². The average molecular weight is 443 g/mol. The molecule has 0 radical (unpaired) electrons. The molecule has 4 aromatic rings. The van der Waals surface area contributed by atoms with Gasteiger partial charge in [0.15, 0.2) is 0 Å². The Bertz CT molecular complexity index is 1200. The third kappa shape index (κ3) is 3.68. The van der Waals surface area contributed by atoms with Gasteiger partial charge in [0.05, 0.1) is 5.69 Å². The van der Waals surface area contributed by atoms with E-state index in [2.05, 4.69) is 44.4 Å². The lowest BCUT2D eigenvalue weighted by Gasteiger charge is -2.09. The summed E-state index contributed by atoms with van der Waals surface area (Å²) in [4.78, 5) is 11.9. The predicted molar refractivity (Wildman–Crippen MR) is 108 cm³/mol. The maximum atomic E-state index is 11.9. The lowest BCUT2D eigenvalue weighted by atomic mass is 10.1. The molecule has 0 amide bonds. The number of tetrazole rings is 1. The van der Waals surface area contributed by atoms with Crippen molar-refractivity contribution in [1.29, 1.82) is 0 Å². The van der Waals surface area contributed by atoms with Crippen molar-refractivity contribution in [2.24, 2.45) is 0 Å². The molecular formula is C19H15BrN4O2S. The Morgan fingerprint density at radius 1 is 1.15 bits per heavy atom. The Hall–Kier alpha value is -2.45. The summed E-state index contributed by atoms with van der Waals surface area (Å²) in [6, 6.07) is 13.3. The molecule has 0 aliphatic heterocycles. The van der Waals surface area contributed by atoms with Crippen LogP contribution in [0.1, 0.15) is 16.7 Å². The van der Waals surface area contributed by atoms with E-state index in [4.69, 9.17) is 4.42 Å². The van der Waals surface area contributed by atoms with Crippen molar-refractivity contribution in [3.8, 4) is 5.69 Å². The Balaban J connectivity index is 1.67. The van der Waals surface area contributed by atoms with Crippen molar-refractivity contribution in [2.75, 3.05) is 0 Å². The van der Waals surface area contributed by atoms with Crippen molar-refractivity contribution in [1.82, 2.24) is 20.2 Å². The third-order valence-electron chi connectivity index (χ3n) is 4.17. The van der Waals surface area contributed by atoms with Crippen molar-refractivity contribution in [3.05, 3.63) is 74.0 Å². The Morgan fingerprint density at radius 3 is 2.81 bits per heavy atom. The normalized spacial score (nSPS) is 11.2. The second-order valence-corrected chi connectivity index (χ2v) is 8.04. The van der Waals surface area contributed by atoms with Crippen molar-refractivity contribution >= 4 is 38.7 Å². The van der Waals surface area contributed by atoms with Gasteiger partial charge in [0.1, 0.15) is 5.58 Å². The van der Waals surface area contributed by atoms with Crippen LogP contribution in [0.4, 0.5) is 0 Å². The number of fused-ring (bicyclic) bond motifs is 1. The highest BCUT2D eigenvalue weighted by Gasteiger charge is 2.13. The fourth-order valence-electron chi connectivity index (χ4n) is 2.93. The highest BCUT2D eigenvalue weighted by Crippen LogP contribution is 2.28. The van der Waals surface area contributed by atoms with Crippen LogP contribution in [-0.2, 0) is 5.75 Å². The van der Waals surface area contributed by atoms with Gasteiger partial charge in [-0.05, 0) is 59.7 Å². The minimum absolute atomic E-state index is 0.370. The van der Waals surface area contributed by atoms with Gasteiger partial charge in [-0.1, -0.05) is 45.4 Å². The molecule has 8 heteroatoms. The molecule has 0 unspecified atom stereocenters. The molecule has 0 bridgehead atoms. The second-order valence-electron chi connectivity index (χ2n) is 6.18. The standard InChI is InChI=1S/C19H15BrN4O2S/c1-11-3-6-16(12(2)7-11)24-19(21-22-23-24)27-10-13-8-18(25)26-17-9-14(20)4-5-15(13)17/h3-9H,10H2,1-2H3. The fraction of sp³-hybridized carbons (Fsp3) is 0.158. The minimum Gasteiger partial charge on any atom is -0.423 e. The summed E-state index contributed by atoms with van der Waals surface area (Å²) < 4.78 is 7.89. The summed E-state index contributed by atoms with van der Waals surface area (Å²) in [5, 5.41) is 13.7. The van der Waals surface area contributed by atoms with Gasteiger partial charge in [0.25, 0.3) is 0 Å². The number of benzene rings is 2. The van der Waals surface area contributed by atoms with E-state index in [1.54, 1.807) is 10.7 Å². The highest BCUT2D eigenvalue weighted by atomic mass is 79.9. The molecule has 2 aromatic heterocycles. The summed E-state index contributed by atoms with van der Waals surface area (Å²) in [6.45, 7) is 4.09. The third-order valence-corrected chi connectivity index (χ3v) is 5.63. The molecule has 2 aromatic carbocycles. The number of nitrogens with zero attached hydrogens (tertiary/aromatic N) is 4. The summed E-state index contributed by atoms with van der Waals surface area (Å²) in [6.07, 6.45) is 0. The average Bonchev–Trinajstić information content (AvgIpc) is 3.07. The predicted octanol–water partition coefficient (Wildman–Crippen LogP) is 4.44. The van der Waals surface area contributed by atoms with Gasteiger partial charge in [-0.15, -0.1) is 5.10 Å². The number of hydrogen-bond donors (Lipinski definition) is 0. The maximum absolute atomic E-state index is 11.9. The van der Waals surface area contributed by atoms with Crippen LogP contribution in [0.25, 0.3) is 16.7 Å². The van der Waals surface area contributed by atoms with Gasteiger partial charge < -0.3 is 4.42 Å². The maximum Gasteiger partial charge on any atom is 0.336 e. The molecule has 0 fully saturated rings. The van der Waals surface area contributed by atoms with Crippen LogP contribution in [0.15, 0.2) is 61.3 Å². The fourth-order valence-corrected chi connectivity index (χ4v) is 4.14. The van der Waals surface area contributed by atoms with Crippen molar-refractivity contribution in [3.63, 3.8) is 0 Å². The number of thioether (sulfide) groups is 1. The SMILES string of the molecule is Cc1ccc(-n2nnnc2SCc2cc(=O)oc3cc(Br)ccc23)c(C)c1. The zero-order chi connectivity index (χ0) is 19.0. The van der Waals surface area contributed by atoms with E-state index in [0.717, 1.165) is 26.7 Å². The van der Waals surface area contributed by atoms with Crippen molar-refractivity contribution < 1.29 is 4.42 Å². The van der Waals surface area contributed by atoms with E-state index >= 15 is 0 Å². The quantitative estimate of drug-likeness (QED) is 0.343. The van der Waals surface area contributed by atoms with Crippen molar-refractivity contribution in [2.45, 2.75) is 24.8 Å². The van der Waals surface area contributed by atoms with Crippen LogP contribution >= 0.6 is 27.7 Å². The molecule has 4 rings (SSSR count). The number of aromatic nitrogens is 4. The van der Waals surface area contributed by atoms with E-state index in [-0.39, 0.29) is 5.63 Å². The van der Waals surface area contributed by atoms with Gasteiger partial charge >= 0.3 is 5.63 Å². The number of rotatable bonds is 4. The Kier molecular flexibility index (Phi) is 4.84. The van der Waals surface area contributed by atoms with Gasteiger partial charge in [-0.3, -0.25) is 0 Å². The monoisotopic (exact) mass is 442 g/mol. The van der Waals surface area contributed by atoms with Gasteiger partial charge in [-0.2, -0.15) is 4.68 Å². The number of aryl methyl sites for hydroxylation is 2. The van der Waals surface area contributed by atoms with E-state index in [9.17, 15) is 4.79 Å². The molecule has 27 heavy (non-hydrogen) atoms. The molecule has 136 valence electrons. The first kappa shape index (κ1) is 17.9. The summed E-state index contributed by atoms with van der Waals surface area (Å²) in [7, 11) is 0. The van der Waals surface area contributed by atoms with Gasteiger partial charge in [-0.25, -0.2) is 4.79 Å². The first-order valence-corrected chi connectivity index (χ1v) is 10.0. The molecule has 0 spiro atoms. The molecule has 0 atom stereocenters. The highest BCUT2D eigenvalue weighted by molar-refractivity contribution is 9.10. The van der Waals surface area contributed by atoms with E-state index in [1.165, 1.54) is 23.4 Å². The molecule has 0 N–H and O–H groups in total. The number of hydrogen-bond acceptors (Lipinski definition) is 6. The molecular weight excluding hydrogens is 428 g/mol. The lowest BCUT2D eigenvalue weighted by Crippen LogP contribution is -2.03. The summed E-state index contributed by atoms with van der Waals surface area (Å²) in [5.41, 5.74) is 4.29. The zero-order valence-corrected chi connectivity index (χ0v) is 17.0. The smallest absolute Gasteiger partial charge is 0.336 e. The van der Waals surface area contributed by atoms with Crippen LogP contribution in [-0.4, -0.2) is 20.2 Å². The first-order chi connectivity index (χ1) is 13.0. The first-order valence-electron chi connectivity index (χ1n) is 8.22. The summed E-state index contributed by atoms with van der Waals surface area (Å²) in [5.74, 6) is 0.551. The molecule has 2 heterocycles. The summed E-state index contributed by atoms with van der Waals surface area (Å²) >= 11 is 4.88. The molecule has 0 aliphatic rings. The minimum atomic E-state index is -0.370. The van der Waals surface area contributed by atoms with Crippen LogP contribution < -0.4 is 5.63 Å².